The Morgan fingerprint density at radius 3 is 2.53 bits per heavy atom. The first-order valence-electron chi connectivity index (χ1n) is 6.49. The minimum absolute atomic E-state index is 0.0727. The van der Waals surface area contributed by atoms with Gasteiger partial charge in [0.1, 0.15) is 9.23 Å². The molecule has 6 heteroatoms. The van der Waals surface area contributed by atoms with E-state index in [0.717, 1.165) is 29.3 Å². The quantitative estimate of drug-likeness (QED) is 0.581. The largest absolute Gasteiger partial charge is 0.341 e. The molecule has 3 nitrogen and oxygen atoms in total. The van der Waals surface area contributed by atoms with E-state index in [1.165, 1.54) is 16.7 Å². The first-order chi connectivity index (χ1) is 9.08. The fraction of sp³-hybridized carbons (Fsp3) is 0.538. The van der Waals surface area contributed by atoms with E-state index in [9.17, 15) is 4.79 Å². The van der Waals surface area contributed by atoms with Crippen LogP contribution in [0.4, 0.5) is 0 Å². The molecule has 1 fully saturated rings. The number of thioether (sulfide) groups is 2. The van der Waals surface area contributed by atoms with E-state index in [-0.39, 0.29) is 5.91 Å². The van der Waals surface area contributed by atoms with Crippen molar-refractivity contribution in [3.8, 4) is 0 Å². The van der Waals surface area contributed by atoms with Gasteiger partial charge in [0.05, 0.1) is 5.03 Å². The molecular formula is C13H18N2OS3. The van der Waals surface area contributed by atoms with Gasteiger partial charge in [-0.2, -0.15) is 0 Å². The molecule has 104 valence electrons. The molecule has 2 aliphatic rings. The number of allylic oxidation sites excluding steroid dienone is 1. The molecule has 0 radical (unpaired) electrons. The summed E-state index contributed by atoms with van der Waals surface area (Å²) in [6.45, 7) is 7.94. The van der Waals surface area contributed by atoms with Crippen molar-refractivity contribution in [3.63, 3.8) is 0 Å². The number of thiocarbonyl (C=S) groups is 1. The molecule has 0 aromatic carbocycles. The van der Waals surface area contributed by atoms with Gasteiger partial charge in [-0.25, -0.2) is 0 Å². The maximum Gasteiger partial charge on any atom is 0.268 e. The molecule has 0 bridgehead atoms. The second kappa shape index (κ2) is 6.33. The van der Waals surface area contributed by atoms with Crippen LogP contribution in [0.15, 0.2) is 21.0 Å². The number of hydrogen-bond donors (Lipinski definition) is 0. The van der Waals surface area contributed by atoms with Crippen LogP contribution in [0.5, 0.6) is 0 Å². The molecule has 0 spiro atoms. The van der Waals surface area contributed by atoms with E-state index in [2.05, 4.69) is 31.9 Å². The van der Waals surface area contributed by atoms with E-state index in [1.54, 1.807) is 16.7 Å². The lowest BCUT2D eigenvalue weighted by Gasteiger charge is -2.17. The van der Waals surface area contributed by atoms with Crippen molar-refractivity contribution in [2.75, 3.05) is 13.1 Å². The molecule has 19 heavy (non-hydrogen) atoms. The van der Waals surface area contributed by atoms with Crippen molar-refractivity contribution in [3.05, 3.63) is 21.0 Å². The highest BCUT2D eigenvalue weighted by Gasteiger charge is 2.36. The van der Waals surface area contributed by atoms with Crippen molar-refractivity contribution in [1.29, 1.82) is 0 Å². The fourth-order valence-electron chi connectivity index (χ4n) is 2.04. The summed E-state index contributed by atoms with van der Waals surface area (Å²) in [7, 11) is 0. The number of carbonyl (C=O) groups is 1. The normalized spacial score (nSPS) is 23.6. The van der Waals surface area contributed by atoms with Crippen LogP contribution in [0.25, 0.3) is 0 Å². The number of nitrogens with zero attached hydrogens (tertiary/aromatic N) is 2. The van der Waals surface area contributed by atoms with Crippen LogP contribution < -0.4 is 0 Å². The summed E-state index contributed by atoms with van der Waals surface area (Å²) in [6.07, 6.45) is 4.11. The van der Waals surface area contributed by atoms with E-state index >= 15 is 0 Å². The lowest BCUT2D eigenvalue weighted by Crippen LogP contribution is -2.29. The SMILES string of the molecule is CCCN1C=C(C)SC1=C1SC(=S)N(CCC)C1=O. The van der Waals surface area contributed by atoms with Crippen molar-refractivity contribution in [2.45, 2.75) is 33.6 Å². The van der Waals surface area contributed by atoms with Crippen LogP contribution in [0.1, 0.15) is 33.6 Å². The Morgan fingerprint density at radius 2 is 1.89 bits per heavy atom. The Labute approximate surface area is 128 Å². The van der Waals surface area contributed by atoms with Gasteiger partial charge in [0.2, 0.25) is 0 Å². The summed E-state index contributed by atoms with van der Waals surface area (Å²) in [5.41, 5.74) is 0. The predicted octanol–water partition coefficient (Wildman–Crippen LogP) is 3.75. The van der Waals surface area contributed by atoms with E-state index in [1.807, 2.05) is 0 Å². The van der Waals surface area contributed by atoms with Crippen molar-refractivity contribution < 1.29 is 4.79 Å². The van der Waals surface area contributed by atoms with Gasteiger partial charge in [-0.15, -0.1) is 0 Å². The summed E-state index contributed by atoms with van der Waals surface area (Å²) in [5, 5.41) is 1.05. The van der Waals surface area contributed by atoms with Gasteiger partial charge in [0.15, 0.2) is 0 Å². The Bertz CT molecular complexity index is 471. The van der Waals surface area contributed by atoms with Gasteiger partial charge < -0.3 is 4.90 Å². The summed E-state index contributed by atoms with van der Waals surface area (Å²) < 4.78 is 0.691. The number of rotatable bonds is 4. The molecule has 0 saturated carbocycles. The first kappa shape index (κ1) is 14.9. The van der Waals surface area contributed by atoms with Crippen LogP contribution in [-0.4, -0.2) is 33.1 Å². The predicted molar refractivity (Wildman–Crippen MR) is 87.6 cm³/mol. The van der Waals surface area contributed by atoms with Crippen LogP contribution >= 0.6 is 35.7 Å². The molecule has 0 aromatic heterocycles. The average molecular weight is 315 g/mol. The van der Waals surface area contributed by atoms with Gasteiger partial charge in [-0.3, -0.25) is 9.69 Å². The third kappa shape index (κ3) is 3.01. The molecular weight excluding hydrogens is 296 g/mol. The van der Waals surface area contributed by atoms with Crippen molar-refractivity contribution in [2.24, 2.45) is 0 Å². The molecule has 0 aliphatic carbocycles. The Balaban J connectivity index is 2.28. The zero-order valence-corrected chi connectivity index (χ0v) is 13.9. The van der Waals surface area contributed by atoms with Crippen LogP contribution in [0, 0.1) is 0 Å². The van der Waals surface area contributed by atoms with Gasteiger partial charge in [0, 0.05) is 24.2 Å². The molecule has 2 rings (SSSR count). The highest BCUT2D eigenvalue weighted by Crippen LogP contribution is 2.44. The minimum atomic E-state index is 0.0727. The zero-order chi connectivity index (χ0) is 14.0. The van der Waals surface area contributed by atoms with E-state index < -0.39 is 0 Å². The summed E-state index contributed by atoms with van der Waals surface area (Å²) in [6, 6.07) is 0. The van der Waals surface area contributed by atoms with Gasteiger partial charge in [0.25, 0.3) is 5.91 Å². The first-order valence-corrected chi connectivity index (χ1v) is 8.53. The van der Waals surface area contributed by atoms with E-state index in [0.29, 0.717) is 10.9 Å². The second-order valence-electron chi connectivity index (χ2n) is 4.49. The monoisotopic (exact) mass is 314 g/mol. The topological polar surface area (TPSA) is 23.6 Å². The maximum atomic E-state index is 12.4. The second-order valence-corrected chi connectivity index (χ2v) is 7.37. The molecule has 0 aromatic rings. The van der Waals surface area contributed by atoms with Gasteiger partial charge in [-0.1, -0.05) is 49.6 Å². The van der Waals surface area contributed by atoms with Gasteiger partial charge >= 0.3 is 0 Å². The molecule has 2 aliphatic heterocycles. The number of hydrogen-bond acceptors (Lipinski definition) is 5. The average Bonchev–Trinajstić information content (AvgIpc) is 2.85. The lowest BCUT2D eigenvalue weighted by atomic mass is 10.4. The van der Waals surface area contributed by atoms with Crippen LogP contribution in [0.3, 0.4) is 0 Å². The smallest absolute Gasteiger partial charge is 0.268 e. The Hall–Kier alpha value is -0.460. The van der Waals surface area contributed by atoms with E-state index in [4.69, 9.17) is 12.2 Å². The summed E-state index contributed by atoms with van der Waals surface area (Å²) >= 11 is 8.44. The molecule has 0 unspecified atom stereocenters. The Morgan fingerprint density at radius 1 is 1.21 bits per heavy atom. The lowest BCUT2D eigenvalue weighted by molar-refractivity contribution is -0.122. The standard InChI is InChI=1S/C13H18N2OS3/c1-4-6-14-8-9(3)18-12(14)10-11(16)15(7-5-2)13(17)19-10/h8H,4-7H2,1-3H3. The van der Waals surface area contributed by atoms with Crippen LogP contribution in [-0.2, 0) is 4.79 Å². The molecule has 1 saturated heterocycles. The van der Waals surface area contributed by atoms with Crippen molar-refractivity contribution >= 4 is 46.0 Å². The van der Waals surface area contributed by atoms with Crippen molar-refractivity contribution in [1.82, 2.24) is 9.80 Å². The fourth-order valence-corrected chi connectivity index (χ4v) is 4.50. The molecule has 0 N–H and O–H groups in total. The number of amides is 1. The maximum absolute atomic E-state index is 12.4. The summed E-state index contributed by atoms with van der Waals surface area (Å²) in [4.78, 5) is 18.4. The Kier molecular flexibility index (Phi) is 4.97. The minimum Gasteiger partial charge on any atom is -0.341 e. The third-order valence-electron chi connectivity index (χ3n) is 2.81. The molecule has 2 heterocycles. The highest BCUT2D eigenvalue weighted by molar-refractivity contribution is 8.27. The van der Waals surface area contributed by atoms with Crippen LogP contribution in [0.2, 0.25) is 0 Å². The summed E-state index contributed by atoms with van der Waals surface area (Å²) in [5.74, 6) is 0.0727. The third-order valence-corrected chi connectivity index (χ3v) is 5.44. The number of carbonyl (C=O) groups excluding carboxylic acids is 1. The molecule has 0 atom stereocenters. The highest BCUT2D eigenvalue weighted by atomic mass is 32.2. The van der Waals surface area contributed by atoms with Gasteiger partial charge in [-0.05, 0) is 19.8 Å². The zero-order valence-electron chi connectivity index (χ0n) is 11.4. The molecule has 1 amide bonds.